The number of phenolic OH excluding ortho intramolecular Hbond substituents is 1. The average Bonchev–Trinajstić information content (AvgIpc) is 3.31. The van der Waals surface area contributed by atoms with E-state index in [9.17, 15) is 5.11 Å². The molecule has 4 rings (SSSR count). The second-order valence-electron chi connectivity index (χ2n) is 8.48. The van der Waals surface area contributed by atoms with Crippen molar-refractivity contribution in [2.24, 2.45) is 0 Å². The summed E-state index contributed by atoms with van der Waals surface area (Å²) in [6, 6.07) is 25.6. The van der Waals surface area contributed by atoms with E-state index in [1.165, 1.54) is 0 Å². The number of ether oxygens (including phenoxy) is 1. The zero-order valence-electron chi connectivity index (χ0n) is 20.5. The second-order valence-corrected chi connectivity index (χ2v) is 9.86. The minimum absolute atomic E-state index is 0.165. The zero-order chi connectivity index (χ0) is 24.6. The smallest absolute Gasteiger partial charge is 0.168 e. The third-order valence-electron chi connectivity index (χ3n) is 5.62. The van der Waals surface area contributed by atoms with Gasteiger partial charge < -0.3 is 14.7 Å². The standard InChI is InChI=1S/C28H32N4O2S/c1-4-35-26(24-13-8-9-14-25(24)33)28-30-29-27(32(28)22-11-6-5-7-12-22)21-15-17-23(18-16-21)34-20-10-19-31(2)3/h5-9,11-18,26,33H,4,10,19-20H2,1-3H3. The topological polar surface area (TPSA) is 63.4 Å². The van der Waals surface area contributed by atoms with Gasteiger partial charge in [-0.2, -0.15) is 0 Å². The average molecular weight is 489 g/mol. The van der Waals surface area contributed by atoms with Crippen molar-refractivity contribution in [1.82, 2.24) is 19.7 Å². The van der Waals surface area contributed by atoms with Crippen LogP contribution in [0.4, 0.5) is 0 Å². The fourth-order valence-corrected chi connectivity index (χ4v) is 4.95. The summed E-state index contributed by atoms with van der Waals surface area (Å²) in [7, 11) is 4.13. The molecule has 0 saturated carbocycles. The van der Waals surface area contributed by atoms with E-state index in [0.717, 1.165) is 52.9 Å². The summed E-state index contributed by atoms with van der Waals surface area (Å²) in [5.74, 6) is 3.51. The molecule has 1 atom stereocenters. The van der Waals surface area contributed by atoms with Gasteiger partial charge in [-0.05, 0) is 68.7 Å². The van der Waals surface area contributed by atoms with Crippen LogP contribution in [0.5, 0.6) is 11.5 Å². The Morgan fingerprint density at radius 1 is 0.943 bits per heavy atom. The minimum atomic E-state index is -0.165. The highest BCUT2D eigenvalue weighted by Crippen LogP contribution is 2.41. The van der Waals surface area contributed by atoms with Crippen LogP contribution in [-0.2, 0) is 0 Å². The van der Waals surface area contributed by atoms with Crippen LogP contribution < -0.4 is 4.74 Å². The summed E-state index contributed by atoms with van der Waals surface area (Å²) < 4.78 is 8.00. The number of benzene rings is 3. The molecule has 0 bridgehead atoms. The maximum absolute atomic E-state index is 10.6. The Morgan fingerprint density at radius 3 is 2.34 bits per heavy atom. The molecule has 1 heterocycles. The van der Waals surface area contributed by atoms with Crippen molar-refractivity contribution in [1.29, 1.82) is 0 Å². The monoisotopic (exact) mass is 488 g/mol. The van der Waals surface area contributed by atoms with E-state index in [2.05, 4.69) is 52.8 Å². The second kappa shape index (κ2) is 11.9. The first-order valence-electron chi connectivity index (χ1n) is 11.9. The first-order chi connectivity index (χ1) is 17.1. The molecule has 0 amide bonds. The van der Waals surface area contributed by atoms with Crippen molar-refractivity contribution in [3.63, 3.8) is 0 Å². The van der Waals surface area contributed by atoms with Gasteiger partial charge in [0.2, 0.25) is 0 Å². The van der Waals surface area contributed by atoms with Gasteiger partial charge in [0.1, 0.15) is 11.5 Å². The lowest BCUT2D eigenvalue weighted by Gasteiger charge is -2.19. The number of rotatable bonds is 11. The summed E-state index contributed by atoms with van der Waals surface area (Å²) in [4.78, 5) is 2.15. The van der Waals surface area contributed by atoms with E-state index in [1.54, 1.807) is 17.8 Å². The minimum Gasteiger partial charge on any atom is -0.508 e. The van der Waals surface area contributed by atoms with Gasteiger partial charge in [0.25, 0.3) is 0 Å². The van der Waals surface area contributed by atoms with Crippen LogP contribution in [0.15, 0.2) is 78.9 Å². The number of phenols is 1. The van der Waals surface area contributed by atoms with Gasteiger partial charge in [-0.3, -0.25) is 4.57 Å². The van der Waals surface area contributed by atoms with Crippen molar-refractivity contribution in [3.8, 4) is 28.6 Å². The fraction of sp³-hybridized carbons (Fsp3) is 0.286. The molecular formula is C28H32N4O2S. The fourth-order valence-electron chi connectivity index (χ4n) is 3.94. The van der Waals surface area contributed by atoms with Gasteiger partial charge in [0.15, 0.2) is 11.6 Å². The molecule has 0 spiro atoms. The lowest BCUT2D eigenvalue weighted by Crippen LogP contribution is -2.15. The van der Waals surface area contributed by atoms with Gasteiger partial charge in [0, 0.05) is 23.4 Å². The van der Waals surface area contributed by atoms with Crippen molar-refractivity contribution in [2.45, 2.75) is 18.6 Å². The largest absolute Gasteiger partial charge is 0.508 e. The van der Waals surface area contributed by atoms with Crippen molar-refractivity contribution in [2.75, 3.05) is 33.0 Å². The number of hydrogen-bond donors (Lipinski definition) is 1. The highest BCUT2D eigenvalue weighted by Gasteiger charge is 2.26. The lowest BCUT2D eigenvalue weighted by molar-refractivity contribution is 0.281. The predicted molar refractivity (Wildman–Crippen MR) is 144 cm³/mol. The number of aromatic hydroxyl groups is 1. The van der Waals surface area contributed by atoms with E-state index in [-0.39, 0.29) is 11.0 Å². The first kappa shape index (κ1) is 24.8. The maximum atomic E-state index is 10.6. The molecule has 0 radical (unpaired) electrons. The molecule has 0 fully saturated rings. The van der Waals surface area contributed by atoms with E-state index in [4.69, 9.17) is 4.74 Å². The molecule has 35 heavy (non-hydrogen) atoms. The summed E-state index contributed by atoms with van der Waals surface area (Å²) in [6.07, 6.45) is 0.975. The van der Waals surface area contributed by atoms with Crippen LogP contribution in [0.1, 0.15) is 30.0 Å². The van der Waals surface area contributed by atoms with Gasteiger partial charge in [-0.25, -0.2) is 0 Å². The molecule has 0 aliphatic rings. The SMILES string of the molecule is CCSC(c1ccccc1O)c1nnc(-c2ccc(OCCCN(C)C)cc2)n1-c1ccccc1. The number of nitrogens with zero attached hydrogens (tertiary/aromatic N) is 4. The Labute approximate surface area is 211 Å². The van der Waals surface area contributed by atoms with Gasteiger partial charge >= 0.3 is 0 Å². The predicted octanol–water partition coefficient (Wildman–Crippen LogP) is 5.81. The molecule has 1 N–H and O–H groups in total. The van der Waals surface area contributed by atoms with E-state index in [1.807, 2.05) is 60.7 Å². The van der Waals surface area contributed by atoms with Crippen molar-refractivity contribution >= 4 is 11.8 Å². The van der Waals surface area contributed by atoms with Gasteiger partial charge in [-0.15, -0.1) is 22.0 Å². The Morgan fingerprint density at radius 2 is 1.66 bits per heavy atom. The van der Waals surface area contributed by atoms with Crippen LogP contribution in [0.2, 0.25) is 0 Å². The van der Waals surface area contributed by atoms with Gasteiger partial charge in [-0.1, -0.05) is 43.3 Å². The third kappa shape index (κ3) is 6.05. The zero-order valence-corrected chi connectivity index (χ0v) is 21.3. The van der Waals surface area contributed by atoms with Crippen LogP contribution in [0.3, 0.4) is 0 Å². The third-order valence-corrected chi connectivity index (χ3v) is 6.75. The maximum Gasteiger partial charge on any atom is 0.168 e. The highest BCUT2D eigenvalue weighted by molar-refractivity contribution is 7.99. The number of thioether (sulfide) groups is 1. The van der Waals surface area contributed by atoms with E-state index < -0.39 is 0 Å². The molecule has 0 aliphatic carbocycles. The molecule has 0 saturated heterocycles. The Kier molecular flexibility index (Phi) is 8.45. The quantitative estimate of drug-likeness (QED) is 0.269. The van der Waals surface area contributed by atoms with E-state index in [0.29, 0.717) is 6.61 Å². The van der Waals surface area contributed by atoms with Crippen LogP contribution in [-0.4, -0.2) is 57.8 Å². The first-order valence-corrected chi connectivity index (χ1v) is 12.9. The molecule has 0 aliphatic heterocycles. The molecule has 1 aromatic heterocycles. The molecular weight excluding hydrogens is 456 g/mol. The van der Waals surface area contributed by atoms with Gasteiger partial charge in [0.05, 0.1) is 11.9 Å². The molecule has 182 valence electrons. The Hall–Kier alpha value is -3.29. The molecule has 6 nitrogen and oxygen atoms in total. The molecule has 3 aromatic carbocycles. The normalized spacial score (nSPS) is 12.1. The van der Waals surface area contributed by atoms with Crippen LogP contribution in [0, 0.1) is 0 Å². The molecule has 1 unspecified atom stereocenters. The molecule has 4 aromatic rings. The Bertz CT molecular complexity index is 1210. The molecule has 7 heteroatoms. The number of aromatic nitrogens is 3. The summed E-state index contributed by atoms with van der Waals surface area (Å²) in [5, 5.41) is 19.7. The highest BCUT2D eigenvalue weighted by atomic mass is 32.2. The number of hydrogen-bond acceptors (Lipinski definition) is 6. The summed E-state index contributed by atoms with van der Waals surface area (Å²) in [6.45, 7) is 3.78. The van der Waals surface area contributed by atoms with Crippen LogP contribution in [0.25, 0.3) is 17.1 Å². The van der Waals surface area contributed by atoms with Crippen molar-refractivity contribution in [3.05, 3.63) is 90.3 Å². The number of para-hydroxylation sites is 2. The van der Waals surface area contributed by atoms with Crippen LogP contribution >= 0.6 is 11.8 Å². The summed E-state index contributed by atoms with van der Waals surface area (Å²) >= 11 is 1.72. The summed E-state index contributed by atoms with van der Waals surface area (Å²) in [5.41, 5.74) is 2.76. The van der Waals surface area contributed by atoms with Crippen molar-refractivity contribution < 1.29 is 9.84 Å². The Balaban J connectivity index is 1.70. The van der Waals surface area contributed by atoms with E-state index >= 15 is 0 Å². The lowest BCUT2D eigenvalue weighted by atomic mass is 10.1.